The van der Waals surface area contributed by atoms with Crippen LogP contribution < -0.4 is 5.73 Å². The zero-order valence-electron chi connectivity index (χ0n) is 14.7. The molecule has 27 heavy (non-hydrogen) atoms. The monoisotopic (exact) mass is 384 g/mol. The van der Waals surface area contributed by atoms with Crippen LogP contribution >= 0.6 is 11.3 Å². The molecule has 0 fully saturated rings. The van der Waals surface area contributed by atoms with Crippen LogP contribution in [0.15, 0.2) is 52.4 Å². The Labute approximate surface area is 160 Å². The van der Waals surface area contributed by atoms with Crippen molar-refractivity contribution < 1.29 is 14.1 Å². The zero-order valence-corrected chi connectivity index (χ0v) is 15.5. The number of nitrogens with two attached hydrogens (primary N) is 1. The van der Waals surface area contributed by atoms with Gasteiger partial charge in [-0.25, -0.2) is 0 Å². The van der Waals surface area contributed by atoms with E-state index in [2.05, 4.69) is 10.1 Å². The molecular formula is C19H20N4O3S. The average Bonchev–Trinajstić information content (AvgIpc) is 3.35. The molecule has 0 unspecified atom stereocenters. The van der Waals surface area contributed by atoms with E-state index in [-0.39, 0.29) is 25.3 Å². The van der Waals surface area contributed by atoms with Crippen molar-refractivity contribution in [1.29, 1.82) is 0 Å². The van der Waals surface area contributed by atoms with E-state index in [9.17, 15) is 9.59 Å². The van der Waals surface area contributed by atoms with Gasteiger partial charge in [0, 0.05) is 32.4 Å². The molecule has 0 saturated heterocycles. The Morgan fingerprint density at radius 2 is 1.93 bits per heavy atom. The molecule has 0 spiro atoms. The van der Waals surface area contributed by atoms with Crippen molar-refractivity contribution in [3.8, 4) is 10.7 Å². The van der Waals surface area contributed by atoms with Crippen molar-refractivity contribution in [3.05, 3.63) is 59.3 Å². The maximum Gasteiger partial charge on any atom is 0.227 e. The highest BCUT2D eigenvalue weighted by Gasteiger charge is 2.17. The Bertz CT molecular complexity index is 878. The third kappa shape index (κ3) is 5.49. The molecule has 2 aromatic heterocycles. The number of primary amides is 1. The van der Waals surface area contributed by atoms with Gasteiger partial charge in [0.1, 0.15) is 0 Å². The fraction of sp³-hybridized carbons (Fsp3) is 0.263. The van der Waals surface area contributed by atoms with Crippen LogP contribution in [0.3, 0.4) is 0 Å². The van der Waals surface area contributed by atoms with Crippen LogP contribution in [0.2, 0.25) is 0 Å². The molecule has 8 heteroatoms. The summed E-state index contributed by atoms with van der Waals surface area (Å²) in [5.41, 5.74) is 6.23. The summed E-state index contributed by atoms with van der Waals surface area (Å²) >= 11 is 1.53. The molecule has 140 valence electrons. The first-order valence-electron chi connectivity index (χ1n) is 8.58. The molecular weight excluding hydrogens is 364 g/mol. The number of carbonyl (C=O) groups is 2. The molecule has 3 rings (SSSR count). The third-order valence-electron chi connectivity index (χ3n) is 3.96. The summed E-state index contributed by atoms with van der Waals surface area (Å²) in [6.07, 6.45) is 0.693. The van der Waals surface area contributed by atoms with E-state index in [1.54, 1.807) is 4.90 Å². The summed E-state index contributed by atoms with van der Waals surface area (Å²) in [6.45, 7) is 0.713. The molecule has 2 heterocycles. The maximum absolute atomic E-state index is 12.7. The van der Waals surface area contributed by atoms with Crippen LogP contribution in [0.25, 0.3) is 10.7 Å². The van der Waals surface area contributed by atoms with Crippen LogP contribution in [0.1, 0.15) is 24.3 Å². The van der Waals surface area contributed by atoms with Crippen molar-refractivity contribution in [1.82, 2.24) is 15.0 Å². The summed E-state index contributed by atoms with van der Waals surface area (Å²) in [6, 6.07) is 13.5. The Balaban J connectivity index is 1.60. The van der Waals surface area contributed by atoms with Gasteiger partial charge in [-0.2, -0.15) is 4.98 Å². The van der Waals surface area contributed by atoms with Crippen LogP contribution in [-0.4, -0.2) is 33.4 Å². The topological polar surface area (TPSA) is 102 Å². The van der Waals surface area contributed by atoms with E-state index < -0.39 is 5.91 Å². The number of hydrogen-bond donors (Lipinski definition) is 1. The van der Waals surface area contributed by atoms with E-state index >= 15 is 0 Å². The number of carbonyl (C=O) groups excluding carboxylic acids is 2. The van der Waals surface area contributed by atoms with Gasteiger partial charge >= 0.3 is 0 Å². The highest BCUT2D eigenvalue weighted by atomic mass is 32.1. The molecule has 7 nitrogen and oxygen atoms in total. The van der Waals surface area contributed by atoms with Gasteiger partial charge in [-0.1, -0.05) is 41.6 Å². The SMILES string of the molecule is NC(=O)CCN(Cc1ccccc1)C(=O)CCc1nc(-c2cccs2)no1. The lowest BCUT2D eigenvalue weighted by Gasteiger charge is -2.22. The average molecular weight is 384 g/mol. The standard InChI is InChI=1S/C19H20N4O3S/c20-16(24)10-11-23(13-14-5-2-1-3-6-14)18(25)9-8-17-21-19(22-26-17)15-7-4-12-27-15/h1-7,12H,8-11,13H2,(H2,20,24). The van der Waals surface area contributed by atoms with Gasteiger partial charge in [0.15, 0.2) is 0 Å². The molecule has 2 amide bonds. The molecule has 0 radical (unpaired) electrons. The minimum absolute atomic E-state index is 0.0871. The minimum atomic E-state index is -0.432. The fourth-order valence-electron chi connectivity index (χ4n) is 2.58. The van der Waals surface area contributed by atoms with E-state index in [4.69, 9.17) is 10.3 Å². The van der Waals surface area contributed by atoms with Gasteiger partial charge in [0.25, 0.3) is 0 Å². The number of rotatable bonds is 9. The first-order valence-corrected chi connectivity index (χ1v) is 9.46. The number of benzene rings is 1. The summed E-state index contributed by atoms with van der Waals surface area (Å²) < 4.78 is 5.24. The number of amides is 2. The molecule has 1 aromatic carbocycles. The van der Waals surface area contributed by atoms with Gasteiger partial charge < -0.3 is 15.2 Å². The molecule has 3 aromatic rings. The van der Waals surface area contributed by atoms with Gasteiger partial charge in [-0.3, -0.25) is 9.59 Å². The maximum atomic E-state index is 12.7. The van der Waals surface area contributed by atoms with Gasteiger partial charge in [0.05, 0.1) is 4.88 Å². The zero-order chi connectivity index (χ0) is 19.1. The smallest absolute Gasteiger partial charge is 0.227 e. The highest BCUT2D eigenvalue weighted by molar-refractivity contribution is 7.13. The van der Waals surface area contributed by atoms with Crippen LogP contribution in [0.4, 0.5) is 0 Å². The lowest BCUT2D eigenvalue weighted by Crippen LogP contribution is -2.33. The van der Waals surface area contributed by atoms with Crippen molar-refractivity contribution in [2.24, 2.45) is 5.73 Å². The Hall–Kier alpha value is -3.00. The number of nitrogens with zero attached hydrogens (tertiary/aromatic N) is 3. The highest BCUT2D eigenvalue weighted by Crippen LogP contribution is 2.21. The van der Waals surface area contributed by atoms with Gasteiger partial charge in [-0.15, -0.1) is 11.3 Å². The predicted octanol–water partition coefficient (Wildman–Crippen LogP) is 2.63. The van der Waals surface area contributed by atoms with E-state index in [1.807, 2.05) is 47.8 Å². The number of hydrogen-bond acceptors (Lipinski definition) is 6. The lowest BCUT2D eigenvalue weighted by molar-refractivity contribution is -0.132. The number of thiophene rings is 1. The van der Waals surface area contributed by atoms with Crippen molar-refractivity contribution in [2.75, 3.05) is 6.54 Å². The third-order valence-corrected chi connectivity index (χ3v) is 4.83. The second-order valence-corrected chi connectivity index (χ2v) is 6.95. The predicted molar refractivity (Wildman–Crippen MR) is 102 cm³/mol. The van der Waals surface area contributed by atoms with Crippen molar-refractivity contribution >= 4 is 23.2 Å². The number of aromatic nitrogens is 2. The summed E-state index contributed by atoms with van der Waals surface area (Å²) in [5, 5.41) is 5.89. The second-order valence-electron chi connectivity index (χ2n) is 6.01. The molecule has 0 bridgehead atoms. The van der Waals surface area contributed by atoms with E-state index in [0.717, 1.165) is 10.4 Å². The molecule has 2 N–H and O–H groups in total. The lowest BCUT2D eigenvalue weighted by atomic mass is 10.2. The normalized spacial score (nSPS) is 10.7. The van der Waals surface area contributed by atoms with Gasteiger partial charge in [0.2, 0.25) is 23.5 Å². The molecule has 0 atom stereocenters. The van der Waals surface area contributed by atoms with Crippen molar-refractivity contribution in [3.63, 3.8) is 0 Å². The van der Waals surface area contributed by atoms with E-state index in [1.165, 1.54) is 11.3 Å². The summed E-state index contributed by atoms with van der Waals surface area (Å²) in [7, 11) is 0. The Kier molecular flexibility index (Phi) is 6.32. The quantitative estimate of drug-likeness (QED) is 0.611. The van der Waals surface area contributed by atoms with Crippen LogP contribution in [0.5, 0.6) is 0 Å². The van der Waals surface area contributed by atoms with Gasteiger partial charge in [-0.05, 0) is 17.0 Å². The molecule has 0 saturated carbocycles. The molecule has 0 aliphatic rings. The summed E-state index contributed by atoms with van der Waals surface area (Å²) in [5.74, 6) is 0.429. The summed E-state index contributed by atoms with van der Waals surface area (Å²) in [4.78, 5) is 30.7. The number of aryl methyl sites for hydroxylation is 1. The fourth-order valence-corrected chi connectivity index (χ4v) is 3.22. The Morgan fingerprint density at radius 3 is 2.63 bits per heavy atom. The van der Waals surface area contributed by atoms with Crippen LogP contribution in [0, 0.1) is 0 Å². The first kappa shape index (κ1) is 18.8. The largest absolute Gasteiger partial charge is 0.370 e. The molecule has 0 aliphatic heterocycles. The second kappa shape index (κ2) is 9.09. The first-order chi connectivity index (χ1) is 13.1. The Morgan fingerprint density at radius 1 is 1.11 bits per heavy atom. The molecule has 0 aliphatic carbocycles. The minimum Gasteiger partial charge on any atom is -0.370 e. The van der Waals surface area contributed by atoms with Crippen molar-refractivity contribution in [2.45, 2.75) is 25.8 Å². The van der Waals surface area contributed by atoms with Crippen LogP contribution in [-0.2, 0) is 22.6 Å². The van der Waals surface area contributed by atoms with E-state index in [0.29, 0.717) is 24.7 Å².